The van der Waals surface area contributed by atoms with E-state index in [2.05, 4.69) is 0 Å². The molecule has 0 rings (SSSR count). The van der Waals surface area contributed by atoms with E-state index in [0.29, 0.717) is 0 Å². The monoisotopic (exact) mass is 272 g/mol. The summed E-state index contributed by atoms with van der Waals surface area (Å²) in [5.41, 5.74) is 0. The summed E-state index contributed by atoms with van der Waals surface area (Å²) in [4.78, 5) is 9.00. The van der Waals surface area contributed by atoms with Gasteiger partial charge in [0.05, 0.1) is 0 Å². The van der Waals surface area contributed by atoms with Gasteiger partial charge < -0.3 is 4.80 Å². The normalized spacial score (nSPS) is 19.7. The molecular weight excluding hydrogens is 261 g/mol. The van der Waals surface area contributed by atoms with Crippen molar-refractivity contribution in [3.8, 4) is 0 Å². The highest BCUT2D eigenvalue weighted by molar-refractivity contribution is 6.71. The second kappa shape index (κ2) is 4.90. The maximum absolute atomic E-state index is 13.0. The van der Waals surface area contributed by atoms with Gasteiger partial charge in [-0.2, -0.15) is 0 Å². The average Bonchev–Trinajstić information content (AvgIpc) is 2.12. The van der Waals surface area contributed by atoms with Gasteiger partial charge in [0.1, 0.15) is 0 Å². The van der Waals surface area contributed by atoms with Gasteiger partial charge in [-0.05, 0) is 13.1 Å². The zero-order valence-corrected chi connectivity index (χ0v) is 9.40. The molecule has 0 spiro atoms. The minimum absolute atomic E-state index is 0.730. The van der Waals surface area contributed by atoms with E-state index in [1.807, 2.05) is 0 Å². The molecule has 0 saturated carbocycles. The first kappa shape index (κ1) is 15.7. The zero-order chi connectivity index (χ0) is 13.3. The van der Waals surface area contributed by atoms with E-state index in [-0.39, 0.29) is 0 Å². The largest absolute Gasteiger partial charge is 0.429 e. The molecule has 1 nitrogen and oxygen atoms in total. The van der Waals surface area contributed by atoms with E-state index in [0.717, 1.165) is 13.1 Å². The fraction of sp³-hybridized carbons (Fsp3) is 1.00. The minimum Gasteiger partial charge on any atom is -0.429 e. The molecule has 0 heterocycles. The highest BCUT2D eigenvalue weighted by atomic mass is 28.4. The van der Waals surface area contributed by atoms with Crippen molar-refractivity contribution in [3.63, 3.8) is 0 Å². The predicted octanol–water partition coefficient (Wildman–Crippen LogP) is 2.64. The summed E-state index contributed by atoms with van der Waals surface area (Å²) < 4.78 is 87.0. The standard InChI is InChI=1S/C7H11F7OSi/c1-16(2,15)6(12)7(13,14)4(9)3(8)5(10)11/h3-6,15H,1-2H3. The van der Waals surface area contributed by atoms with Crippen molar-refractivity contribution in [2.75, 3.05) is 0 Å². The summed E-state index contributed by atoms with van der Waals surface area (Å²) >= 11 is 0. The Labute approximate surface area is 88.4 Å². The van der Waals surface area contributed by atoms with E-state index < -0.39 is 38.8 Å². The van der Waals surface area contributed by atoms with Crippen LogP contribution in [0.15, 0.2) is 0 Å². The van der Waals surface area contributed by atoms with Gasteiger partial charge >= 0.3 is 5.92 Å². The molecule has 0 aromatic heterocycles. The van der Waals surface area contributed by atoms with Gasteiger partial charge in [-0.1, -0.05) is 0 Å². The van der Waals surface area contributed by atoms with E-state index in [1.165, 1.54) is 0 Å². The van der Waals surface area contributed by atoms with E-state index in [1.54, 1.807) is 0 Å². The first-order chi connectivity index (χ1) is 6.92. The fourth-order valence-electron chi connectivity index (χ4n) is 0.951. The Kier molecular flexibility index (Phi) is 4.81. The topological polar surface area (TPSA) is 20.2 Å². The van der Waals surface area contributed by atoms with E-state index in [4.69, 9.17) is 4.80 Å². The molecule has 3 unspecified atom stereocenters. The third kappa shape index (κ3) is 3.34. The second-order valence-corrected chi connectivity index (χ2v) is 7.69. The van der Waals surface area contributed by atoms with Gasteiger partial charge in [0, 0.05) is 0 Å². The van der Waals surface area contributed by atoms with Gasteiger partial charge in [-0.25, -0.2) is 30.7 Å². The number of alkyl halides is 7. The lowest BCUT2D eigenvalue weighted by Gasteiger charge is -2.30. The number of halogens is 7. The summed E-state index contributed by atoms with van der Waals surface area (Å²) in [5, 5.41) is 0. The molecule has 0 aliphatic carbocycles. The number of hydrogen-bond acceptors (Lipinski definition) is 1. The van der Waals surface area contributed by atoms with Gasteiger partial charge in [0.15, 0.2) is 12.0 Å². The lowest BCUT2D eigenvalue weighted by atomic mass is 10.1. The van der Waals surface area contributed by atoms with Gasteiger partial charge in [0.2, 0.25) is 14.5 Å². The van der Waals surface area contributed by atoms with Crippen LogP contribution in [0.2, 0.25) is 13.1 Å². The van der Waals surface area contributed by atoms with Crippen LogP contribution in [0, 0.1) is 0 Å². The van der Waals surface area contributed by atoms with Crippen LogP contribution < -0.4 is 0 Å². The Morgan fingerprint density at radius 3 is 1.62 bits per heavy atom. The zero-order valence-electron chi connectivity index (χ0n) is 8.40. The molecule has 0 aliphatic heterocycles. The van der Waals surface area contributed by atoms with Crippen molar-refractivity contribution in [2.24, 2.45) is 0 Å². The molecule has 0 aromatic carbocycles. The van der Waals surface area contributed by atoms with Crippen LogP contribution in [-0.4, -0.2) is 43.6 Å². The molecule has 0 aliphatic rings. The maximum Gasteiger partial charge on any atom is 0.311 e. The van der Waals surface area contributed by atoms with Gasteiger partial charge in [-0.15, -0.1) is 0 Å². The first-order valence-corrected chi connectivity index (χ1v) is 7.25. The molecule has 16 heavy (non-hydrogen) atoms. The molecule has 0 bridgehead atoms. The van der Waals surface area contributed by atoms with Crippen LogP contribution in [0.4, 0.5) is 30.7 Å². The minimum atomic E-state index is -4.97. The Morgan fingerprint density at radius 2 is 1.38 bits per heavy atom. The smallest absolute Gasteiger partial charge is 0.311 e. The van der Waals surface area contributed by atoms with Crippen LogP contribution in [-0.2, 0) is 0 Å². The highest BCUT2D eigenvalue weighted by Crippen LogP contribution is 2.36. The van der Waals surface area contributed by atoms with Crippen molar-refractivity contribution in [2.45, 2.75) is 43.6 Å². The van der Waals surface area contributed by atoms with Crippen molar-refractivity contribution in [1.29, 1.82) is 0 Å². The SMILES string of the molecule is C[Si](C)(O)C(F)C(F)(F)C(F)C(F)C(F)F. The summed E-state index contributed by atoms with van der Waals surface area (Å²) in [6.45, 7) is 1.46. The lowest BCUT2D eigenvalue weighted by Crippen LogP contribution is -2.57. The number of rotatable bonds is 5. The summed E-state index contributed by atoms with van der Waals surface area (Å²) in [7, 11) is -4.11. The molecule has 1 N–H and O–H groups in total. The molecule has 3 atom stereocenters. The molecule has 0 radical (unpaired) electrons. The third-order valence-corrected chi connectivity index (χ3v) is 3.47. The average molecular weight is 272 g/mol. The second-order valence-electron chi connectivity index (χ2n) is 3.87. The molecular formula is C7H11F7OSi. The van der Waals surface area contributed by atoms with Crippen molar-refractivity contribution in [1.82, 2.24) is 0 Å². The maximum atomic E-state index is 13.0. The summed E-state index contributed by atoms with van der Waals surface area (Å²) in [6, 6.07) is 0. The molecule has 0 fully saturated rings. The molecule has 0 aromatic rings. The highest BCUT2D eigenvalue weighted by Gasteiger charge is 2.59. The fourth-order valence-corrected chi connectivity index (χ4v) is 2.05. The van der Waals surface area contributed by atoms with E-state index >= 15 is 0 Å². The number of hydrogen-bond donors (Lipinski definition) is 1. The predicted molar refractivity (Wildman–Crippen MR) is 45.3 cm³/mol. The third-order valence-electron chi connectivity index (χ3n) is 1.85. The van der Waals surface area contributed by atoms with Crippen LogP contribution in [0.25, 0.3) is 0 Å². The Hall–Kier alpha value is -0.313. The quantitative estimate of drug-likeness (QED) is 0.602. The Morgan fingerprint density at radius 1 is 1.00 bits per heavy atom. The van der Waals surface area contributed by atoms with Crippen LogP contribution >= 0.6 is 0 Å². The van der Waals surface area contributed by atoms with E-state index in [9.17, 15) is 30.7 Å². The molecule has 0 amide bonds. The molecule has 9 heteroatoms. The summed E-state index contributed by atoms with van der Waals surface area (Å²) in [5.74, 6) is -8.33. The van der Waals surface area contributed by atoms with Crippen molar-refractivity contribution in [3.05, 3.63) is 0 Å². The van der Waals surface area contributed by atoms with Crippen LogP contribution in [0.1, 0.15) is 0 Å². The Balaban J connectivity index is 4.91. The summed E-state index contributed by atoms with van der Waals surface area (Å²) in [6.07, 6.45) is -11.7. The first-order valence-electron chi connectivity index (χ1n) is 4.23. The lowest BCUT2D eigenvalue weighted by molar-refractivity contribution is -0.150. The van der Waals surface area contributed by atoms with Crippen molar-refractivity contribution < 1.29 is 35.5 Å². The molecule has 98 valence electrons. The van der Waals surface area contributed by atoms with Crippen LogP contribution in [0.5, 0.6) is 0 Å². The molecule has 0 saturated heterocycles. The van der Waals surface area contributed by atoms with Crippen LogP contribution in [0.3, 0.4) is 0 Å². The Bertz CT molecular complexity index is 229. The van der Waals surface area contributed by atoms with Crippen molar-refractivity contribution >= 4 is 8.32 Å². The van der Waals surface area contributed by atoms with Gasteiger partial charge in [-0.3, -0.25) is 0 Å². The van der Waals surface area contributed by atoms with Gasteiger partial charge in [0.25, 0.3) is 6.43 Å².